The van der Waals surface area contributed by atoms with E-state index in [-0.39, 0.29) is 12.0 Å². The van der Waals surface area contributed by atoms with Gasteiger partial charge in [-0.3, -0.25) is 0 Å². The van der Waals surface area contributed by atoms with Crippen LogP contribution in [0.5, 0.6) is 5.75 Å². The van der Waals surface area contributed by atoms with Gasteiger partial charge < -0.3 is 19.0 Å². The van der Waals surface area contributed by atoms with Crippen molar-refractivity contribution in [2.24, 2.45) is 0 Å². The van der Waals surface area contributed by atoms with Crippen LogP contribution in [0.25, 0.3) is 10.8 Å². The zero-order chi connectivity index (χ0) is 29.4. The second-order valence-electron chi connectivity index (χ2n) is 11.9. The molecule has 6 heteroatoms. The first-order valence-electron chi connectivity index (χ1n) is 14.8. The molecule has 1 heterocycles. The second kappa shape index (κ2) is 13.9. The number of aryl methyl sites for hydroxylation is 1. The number of hydrogen-bond acceptors (Lipinski definition) is 6. The summed E-state index contributed by atoms with van der Waals surface area (Å²) in [5.74, 6) is 1.02. The van der Waals surface area contributed by atoms with Crippen molar-refractivity contribution < 1.29 is 23.8 Å². The summed E-state index contributed by atoms with van der Waals surface area (Å²) in [7, 11) is 0. The fourth-order valence-electron chi connectivity index (χ4n) is 5.35. The maximum Gasteiger partial charge on any atom is 0.528 e. The number of ether oxygens (including phenoxy) is 3. The van der Waals surface area contributed by atoms with E-state index in [1.54, 1.807) is 5.06 Å². The van der Waals surface area contributed by atoms with Crippen LogP contribution in [0.1, 0.15) is 56.2 Å². The van der Waals surface area contributed by atoms with E-state index in [1.165, 1.54) is 21.9 Å². The highest BCUT2D eigenvalue weighted by Gasteiger charge is 2.34. The monoisotopic (exact) mass is 567 g/mol. The van der Waals surface area contributed by atoms with Gasteiger partial charge in [-0.15, -0.1) is 5.06 Å². The van der Waals surface area contributed by atoms with E-state index in [0.29, 0.717) is 26.3 Å². The Kier molecular flexibility index (Phi) is 9.78. The van der Waals surface area contributed by atoms with Crippen molar-refractivity contribution >= 4 is 16.9 Å². The van der Waals surface area contributed by atoms with Gasteiger partial charge in [-0.2, -0.15) is 0 Å². The molecule has 220 valence electrons. The van der Waals surface area contributed by atoms with Crippen molar-refractivity contribution in [1.29, 1.82) is 0 Å². The fourth-order valence-corrected chi connectivity index (χ4v) is 5.35. The summed E-state index contributed by atoms with van der Waals surface area (Å²) in [5, 5.41) is 4.06. The molecule has 1 aliphatic rings. The Hall–Kier alpha value is -3.87. The van der Waals surface area contributed by atoms with Gasteiger partial charge in [0.2, 0.25) is 0 Å². The van der Waals surface area contributed by atoms with E-state index in [0.717, 1.165) is 30.6 Å². The number of piperidine rings is 1. The summed E-state index contributed by atoms with van der Waals surface area (Å²) in [6, 6.07) is 33.6. The first kappa shape index (κ1) is 29.6. The Morgan fingerprint density at radius 1 is 0.857 bits per heavy atom. The van der Waals surface area contributed by atoms with Gasteiger partial charge in [0.05, 0.1) is 25.9 Å². The highest BCUT2D eigenvalue weighted by Crippen LogP contribution is 2.33. The van der Waals surface area contributed by atoms with Gasteiger partial charge in [-0.1, -0.05) is 78.9 Å². The number of rotatable bonds is 10. The SMILES string of the molecule is CC(C)(C)OC(=O)ON1CCC(c2ccc(OCCCc3ccccc3)cc2)C(OCc2ccc3ccccc3c2)C1. The Morgan fingerprint density at radius 2 is 1.60 bits per heavy atom. The van der Waals surface area contributed by atoms with Gasteiger partial charge in [0.1, 0.15) is 11.4 Å². The van der Waals surface area contributed by atoms with Crippen LogP contribution in [0.3, 0.4) is 0 Å². The molecule has 2 atom stereocenters. The van der Waals surface area contributed by atoms with Gasteiger partial charge in [-0.25, -0.2) is 4.79 Å². The van der Waals surface area contributed by atoms with Crippen LogP contribution in [0.4, 0.5) is 4.79 Å². The Labute approximate surface area is 249 Å². The zero-order valence-corrected chi connectivity index (χ0v) is 24.8. The van der Waals surface area contributed by atoms with Crippen LogP contribution in [0, 0.1) is 0 Å². The topological polar surface area (TPSA) is 57.2 Å². The van der Waals surface area contributed by atoms with E-state index in [1.807, 2.05) is 51.1 Å². The molecular formula is C36H41NO5. The molecule has 5 rings (SSSR count). The molecule has 0 N–H and O–H groups in total. The quantitative estimate of drug-likeness (QED) is 0.143. The average Bonchev–Trinajstić information content (AvgIpc) is 2.98. The van der Waals surface area contributed by atoms with Crippen LogP contribution in [-0.4, -0.2) is 42.6 Å². The molecule has 4 aromatic rings. The number of carbonyl (C=O) groups excluding carboxylic acids is 1. The van der Waals surface area contributed by atoms with Gasteiger partial charge in [0, 0.05) is 12.5 Å². The summed E-state index contributed by atoms with van der Waals surface area (Å²) in [6.45, 7) is 7.67. The lowest BCUT2D eigenvalue weighted by atomic mass is 9.87. The fraction of sp³-hybridized carbons (Fsp3) is 0.361. The predicted molar refractivity (Wildman–Crippen MR) is 165 cm³/mol. The predicted octanol–water partition coefficient (Wildman–Crippen LogP) is 8.09. The third kappa shape index (κ3) is 8.57. The Balaban J connectivity index is 1.22. The van der Waals surface area contributed by atoms with Crippen LogP contribution < -0.4 is 4.74 Å². The lowest BCUT2D eigenvalue weighted by molar-refractivity contribution is -0.179. The molecule has 0 aromatic heterocycles. The maximum atomic E-state index is 12.4. The molecule has 0 bridgehead atoms. The van der Waals surface area contributed by atoms with Crippen LogP contribution in [-0.2, 0) is 27.3 Å². The standard InChI is InChI=1S/C36H41NO5/c1-36(2,3)41-35(38)42-37-22-21-33(34(25-37)40-26-28-15-16-29-13-7-8-14-31(29)24-28)30-17-19-32(20-18-30)39-23-9-12-27-10-5-4-6-11-27/h4-8,10-11,13-20,24,33-34H,9,12,21-23,25-26H2,1-3H3. The Morgan fingerprint density at radius 3 is 2.36 bits per heavy atom. The Bertz CT molecular complexity index is 1430. The van der Waals surface area contributed by atoms with E-state index < -0.39 is 11.8 Å². The van der Waals surface area contributed by atoms with Crippen LogP contribution >= 0.6 is 0 Å². The molecule has 6 nitrogen and oxygen atoms in total. The minimum absolute atomic E-state index is 0.149. The highest BCUT2D eigenvalue weighted by atomic mass is 16.8. The van der Waals surface area contributed by atoms with Gasteiger partial charge >= 0.3 is 6.16 Å². The van der Waals surface area contributed by atoms with E-state index in [2.05, 4.69) is 66.7 Å². The first-order valence-corrected chi connectivity index (χ1v) is 14.8. The van der Waals surface area contributed by atoms with Gasteiger partial charge in [0.25, 0.3) is 0 Å². The van der Waals surface area contributed by atoms with Gasteiger partial charge in [-0.05, 0) is 85.7 Å². The number of fused-ring (bicyclic) bond motifs is 1. The summed E-state index contributed by atoms with van der Waals surface area (Å²) < 4.78 is 17.9. The number of hydrogen-bond donors (Lipinski definition) is 0. The lowest BCUT2D eigenvalue weighted by Gasteiger charge is -2.37. The number of carbonyl (C=O) groups is 1. The molecule has 0 saturated carbocycles. The highest BCUT2D eigenvalue weighted by molar-refractivity contribution is 5.82. The molecular weight excluding hydrogens is 526 g/mol. The first-order chi connectivity index (χ1) is 20.3. The number of benzene rings is 4. The van der Waals surface area contributed by atoms with Crippen molar-refractivity contribution in [3.63, 3.8) is 0 Å². The summed E-state index contributed by atoms with van der Waals surface area (Å²) in [5.41, 5.74) is 3.00. The van der Waals surface area contributed by atoms with Crippen molar-refractivity contribution in [1.82, 2.24) is 5.06 Å². The zero-order valence-electron chi connectivity index (χ0n) is 24.8. The maximum absolute atomic E-state index is 12.4. The molecule has 0 amide bonds. The summed E-state index contributed by atoms with van der Waals surface area (Å²) in [6.07, 6.45) is 1.88. The van der Waals surface area contributed by atoms with Crippen molar-refractivity contribution in [3.8, 4) is 5.75 Å². The van der Waals surface area contributed by atoms with E-state index >= 15 is 0 Å². The molecule has 1 aliphatic heterocycles. The molecule has 42 heavy (non-hydrogen) atoms. The molecule has 1 fully saturated rings. The summed E-state index contributed by atoms with van der Waals surface area (Å²) >= 11 is 0. The minimum Gasteiger partial charge on any atom is -0.494 e. The van der Waals surface area contributed by atoms with Crippen molar-refractivity contribution in [2.45, 2.75) is 64.3 Å². The third-order valence-corrected chi connectivity index (χ3v) is 7.42. The van der Waals surface area contributed by atoms with E-state index in [9.17, 15) is 4.79 Å². The summed E-state index contributed by atoms with van der Waals surface area (Å²) in [4.78, 5) is 17.9. The molecule has 0 aliphatic carbocycles. The number of hydroxylamine groups is 2. The molecule has 4 aromatic carbocycles. The number of nitrogens with zero attached hydrogens (tertiary/aromatic N) is 1. The second-order valence-corrected chi connectivity index (χ2v) is 11.9. The molecule has 1 saturated heterocycles. The smallest absolute Gasteiger partial charge is 0.494 e. The lowest BCUT2D eigenvalue weighted by Crippen LogP contribution is -2.45. The molecule has 0 radical (unpaired) electrons. The minimum atomic E-state index is -0.692. The van der Waals surface area contributed by atoms with Crippen LogP contribution in [0.2, 0.25) is 0 Å². The molecule has 2 unspecified atom stereocenters. The van der Waals surface area contributed by atoms with Crippen LogP contribution in [0.15, 0.2) is 97.1 Å². The van der Waals surface area contributed by atoms with E-state index in [4.69, 9.17) is 19.0 Å². The molecule has 0 spiro atoms. The normalized spacial score (nSPS) is 17.6. The van der Waals surface area contributed by atoms with Crippen molar-refractivity contribution in [3.05, 3.63) is 114 Å². The van der Waals surface area contributed by atoms with Crippen molar-refractivity contribution in [2.75, 3.05) is 19.7 Å². The van der Waals surface area contributed by atoms with Gasteiger partial charge in [0.15, 0.2) is 0 Å². The third-order valence-electron chi connectivity index (χ3n) is 7.42. The largest absolute Gasteiger partial charge is 0.528 e. The average molecular weight is 568 g/mol.